The van der Waals surface area contributed by atoms with Crippen molar-refractivity contribution in [3.05, 3.63) is 0 Å². The standard InChI is InChI=1S/C19H34N2O4S/c1-15-4-6-16(7-5-15)18(22)20-10-8-19(9-11-20)12-17(13-25-2)21(14-19)26(3,23)24/h15-17H,4-14H2,1-3H3/t15?,16?,17-/m1/s1. The third-order valence-corrected chi connectivity index (χ3v) is 8.13. The summed E-state index contributed by atoms with van der Waals surface area (Å²) in [5.41, 5.74) is 0.00410. The molecule has 3 rings (SSSR count). The Kier molecular flexibility index (Phi) is 5.99. The van der Waals surface area contributed by atoms with Gasteiger partial charge in [-0.25, -0.2) is 8.42 Å². The van der Waals surface area contributed by atoms with Crippen LogP contribution in [0.15, 0.2) is 0 Å². The van der Waals surface area contributed by atoms with Crippen molar-refractivity contribution >= 4 is 15.9 Å². The van der Waals surface area contributed by atoms with Crippen molar-refractivity contribution in [1.82, 2.24) is 9.21 Å². The van der Waals surface area contributed by atoms with Crippen LogP contribution in [-0.4, -0.2) is 69.2 Å². The maximum atomic E-state index is 12.9. The van der Waals surface area contributed by atoms with Gasteiger partial charge in [-0.3, -0.25) is 4.79 Å². The maximum absolute atomic E-state index is 12.9. The molecule has 7 heteroatoms. The summed E-state index contributed by atoms with van der Waals surface area (Å²) in [6.07, 6.45) is 8.31. The van der Waals surface area contributed by atoms with E-state index in [2.05, 4.69) is 6.92 Å². The van der Waals surface area contributed by atoms with E-state index in [0.717, 1.165) is 64.0 Å². The van der Waals surface area contributed by atoms with Gasteiger partial charge in [0.2, 0.25) is 15.9 Å². The topological polar surface area (TPSA) is 66.9 Å². The molecule has 2 aliphatic heterocycles. The van der Waals surface area contributed by atoms with E-state index in [0.29, 0.717) is 19.1 Å². The van der Waals surface area contributed by atoms with Gasteiger partial charge < -0.3 is 9.64 Å². The molecule has 3 fully saturated rings. The van der Waals surface area contributed by atoms with Gasteiger partial charge in [0.05, 0.1) is 12.9 Å². The van der Waals surface area contributed by atoms with Gasteiger partial charge in [0, 0.05) is 38.7 Å². The first-order chi connectivity index (χ1) is 12.2. The Morgan fingerprint density at radius 2 is 1.77 bits per heavy atom. The molecule has 1 spiro atoms. The molecule has 0 aromatic rings. The minimum Gasteiger partial charge on any atom is -0.383 e. The van der Waals surface area contributed by atoms with E-state index in [1.807, 2.05) is 4.90 Å². The van der Waals surface area contributed by atoms with Crippen LogP contribution in [0.3, 0.4) is 0 Å². The summed E-state index contributed by atoms with van der Waals surface area (Å²) < 4.78 is 31.2. The van der Waals surface area contributed by atoms with Gasteiger partial charge in [-0.05, 0) is 56.3 Å². The molecule has 0 unspecified atom stereocenters. The van der Waals surface area contributed by atoms with E-state index in [9.17, 15) is 13.2 Å². The molecule has 0 N–H and O–H groups in total. The van der Waals surface area contributed by atoms with Crippen LogP contribution in [0, 0.1) is 17.3 Å². The monoisotopic (exact) mass is 386 g/mol. The second kappa shape index (κ2) is 7.76. The summed E-state index contributed by atoms with van der Waals surface area (Å²) in [6.45, 7) is 4.82. The molecule has 0 aromatic carbocycles. The molecule has 150 valence electrons. The SMILES string of the molecule is COC[C@H]1CC2(CCN(C(=O)C3CCC(C)CC3)CC2)CN1S(C)(=O)=O. The fourth-order valence-electron chi connectivity index (χ4n) is 5.18. The van der Waals surface area contributed by atoms with E-state index < -0.39 is 10.0 Å². The molecule has 1 amide bonds. The molecule has 0 bridgehead atoms. The largest absolute Gasteiger partial charge is 0.383 e. The quantitative estimate of drug-likeness (QED) is 0.742. The number of sulfonamides is 1. The van der Waals surface area contributed by atoms with Gasteiger partial charge in [-0.15, -0.1) is 0 Å². The Labute approximate surface area is 158 Å². The Morgan fingerprint density at radius 3 is 2.31 bits per heavy atom. The summed E-state index contributed by atoms with van der Waals surface area (Å²) in [5.74, 6) is 1.29. The molecule has 0 radical (unpaired) electrons. The first-order valence-electron chi connectivity index (χ1n) is 9.99. The Balaban J connectivity index is 1.60. The minimum atomic E-state index is -3.23. The van der Waals surface area contributed by atoms with Crippen LogP contribution in [-0.2, 0) is 19.6 Å². The second-order valence-electron chi connectivity index (χ2n) is 8.90. The van der Waals surface area contributed by atoms with Gasteiger partial charge in [0.25, 0.3) is 0 Å². The number of ether oxygens (including phenoxy) is 1. The van der Waals surface area contributed by atoms with Crippen molar-refractivity contribution in [1.29, 1.82) is 0 Å². The summed E-state index contributed by atoms with van der Waals surface area (Å²) in [6, 6.07) is -0.0721. The number of rotatable bonds is 4. The molecule has 1 atom stereocenters. The molecular weight excluding hydrogens is 352 g/mol. The number of hydrogen-bond acceptors (Lipinski definition) is 4. The molecule has 0 aromatic heterocycles. The second-order valence-corrected chi connectivity index (χ2v) is 10.8. The summed E-state index contributed by atoms with van der Waals surface area (Å²) in [4.78, 5) is 14.9. The maximum Gasteiger partial charge on any atom is 0.225 e. The van der Waals surface area contributed by atoms with Crippen molar-refractivity contribution in [2.24, 2.45) is 17.3 Å². The molecule has 3 aliphatic rings. The molecule has 1 saturated carbocycles. The molecule has 2 saturated heterocycles. The molecule has 1 aliphatic carbocycles. The van der Waals surface area contributed by atoms with Crippen LogP contribution in [0.4, 0.5) is 0 Å². The molecular formula is C19H34N2O4S. The number of hydrogen-bond donors (Lipinski definition) is 0. The van der Waals surface area contributed by atoms with Crippen LogP contribution < -0.4 is 0 Å². The Hall–Kier alpha value is -0.660. The highest BCUT2D eigenvalue weighted by molar-refractivity contribution is 7.88. The number of piperidine rings is 1. The predicted octanol–water partition coefficient (Wildman–Crippen LogP) is 2.10. The van der Waals surface area contributed by atoms with Crippen LogP contribution in [0.2, 0.25) is 0 Å². The highest BCUT2D eigenvalue weighted by atomic mass is 32.2. The third kappa shape index (κ3) is 4.25. The average molecular weight is 387 g/mol. The number of carbonyl (C=O) groups excluding carboxylic acids is 1. The fraction of sp³-hybridized carbons (Fsp3) is 0.947. The van der Waals surface area contributed by atoms with Gasteiger partial charge in [-0.1, -0.05) is 6.92 Å². The van der Waals surface area contributed by atoms with Gasteiger partial charge in [-0.2, -0.15) is 4.31 Å². The van der Waals surface area contributed by atoms with E-state index in [4.69, 9.17) is 4.74 Å². The van der Waals surface area contributed by atoms with Crippen molar-refractivity contribution in [3.8, 4) is 0 Å². The zero-order valence-electron chi connectivity index (χ0n) is 16.4. The number of likely N-dealkylation sites (tertiary alicyclic amines) is 1. The average Bonchev–Trinajstić information content (AvgIpc) is 2.94. The highest BCUT2D eigenvalue weighted by Gasteiger charge is 2.49. The molecule has 26 heavy (non-hydrogen) atoms. The molecule has 2 heterocycles. The van der Waals surface area contributed by atoms with Crippen LogP contribution in [0.25, 0.3) is 0 Å². The minimum absolute atomic E-state index is 0.00410. The first kappa shape index (κ1) is 20.1. The smallest absolute Gasteiger partial charge is 0.225 e. The van der Waals surface area contributed by atoms with Crippen molar-refractivity contribution in [2.75, 3.05) is 39.6 Å². The zero-order chi connectivity index (χ0) is 18.9. The van der Waals surface area contributed by atoms with Crippen molar-refractivity contribution in [2.45, 2.75) is 57.9 Å². The zero-order valence-corrected chi connectivity index (χ0v) is 17.3. The summed E-state index contributed by atoms with van der Waals surface area (Å²) in [7, 11) is -1.61. The lowest BCUT2D eigenvalue weighted by molar-refractivity contribution is -0.139. The lowest BCUT2D eigenvalue weighted by Gasteiger charge is -2.41. The number of nitrogens with zero attached hydrogens (tertiary/aromatic N) is 2. The third-order valence-electron chi connectivity index (χ3n) is 6.85. The van der Waals surface area contributed by atoms with E-state index in [1.54, 1.807) is 11.4 Å². The first-order valence-corrected chi connectivity index (χ1v) is 11.8. The number of carbonyl (C=O) groups is 1. The van der Waals surface area contributed by atoms with Crippen LogP contribution in [0.5, 0.6) is 0 Å². The van der Waals surface area contributed by atoms with E-state index in [1.165, 1.54) is 6.26 Å². The summed E-state index contributed by atoms with van der Waals surface area (Å²) in [5, 5.41) is 0. The lowest BCUT2D eigenvalue weighted by atomic mass is 9.76. The summed E-state index contributed by atoms with van der Waals surface area (Å²) >= 11 is 0. The van der Waals surface area contributed by atoms with Gasteiger partial charge >= 0.3 is 0 Å². The normalized spacial score (nSPS) is 32.9. The predicted molar refractivity (Wildman–Crippen MR) is 101 cm³/mol. The molecule has 6 nitrogen and oxygen atoms in total. The van der Waals surface area contributed by atoms with E-state index in [-0.39, 0.29) is 17.4 Å². The van der Waals surface area contributed by atoms with Gasteiger partial charge in [0.15, 0.2) is 0 Å². The number of methoxy groups -OCH3 is 1. The van der Waals surface area contributed by atoms with Crippen molar-refractivity contribution in [3.63, 3.8) is 0 Å². The van der Waals surface area contributed by atoms with Crippen molar-refractivity contribution < 1.29 is 17.9 Å². The highest BCUT2D eigenvalue weighted by Crippen LogP contribution is 2.44. The fourth-order valence-corrected chi connectivity index (χ4v) is 6.36. The number of amides is 1. The Morgan fingerprint density at radius 1 is 1.15 bits per heavy atom. The Bertz CT molecular complexity index is 605. The van der Waals surface area contributed by atoms with E-state index >= 15 is 0 Å². The van der Waals surface area contributed by atoms with Gasteiger partial charge in [0.1, 0.15) is 0 Å². The lowest BCUT2D eigenvalue weighted by Crippen LogP contribution is -2.47. The van der Waals surface area contributed by atoms with Crippen LogP contribution in [0.1, 0.15) is 51.9 Å². The van der Waals surface area contributed by atoms with Crippen LogP contribution >= 0.6 is 0 Å².